The average molecular weight is 490 g/mol. The molecule has 0 aliphatic rings. The summed E-state index contributed by atoms with van der Waals surface area (Å²) in [5, 5.41) is 7.46. The van der Waals surface area contributed by atoms with Crippen LogP contribution in [0.2, 0.25) is 0 Å². The number of carbonyl (C=O) groups excluding carboxylic acids is 1. The van der Waals surface area contributed by atoms with Gasteiger partial charge in [0, 0.05) is 11.6 Å². The monoisotopic (exact) mass is 490 g/mol. The Labute approximate surface area is 206 Å². The van der Waals surface area contributed by atoms with E-state index in [1.165, 1.54) is 24.6 Å². The summed E-state index contributed by atoms with van der Waals surface area (Å²) in [5.41, 5.74) is 1.45. The van der Waals surface area contributed by atoms with E-state index < -0.39 is 5.97 Å². The van der Waals surface area contributed by atoms with E-state index in [1.54, 1.807) is 60.7 Å². The smallest absolute Gasteiger partial charge is 0.336 e. The van der Waals surface area contributed by atoms with Crippen molar-refractivity contribution in [1.29, 1.82) is 0 Å². The van der Waals surface area contributed by atoms with Crippen LogP contribution in [-0.4, -0.2) is 36.0 Å². The molecule has 0 N–H and O–H groups in total. The molecule has 3 aromatic carbocycles. The molecular weight excluding hydrogens is 467 g/mol. The highest BCUT2D eigenvalue weighted by Crippen LogP contribution is 2.29. The minimum absolute atomic E-state index is 0.268. The Morgan fingerprint density at radius 3 is 2.39 bits per heavy atom. The molecule has 4 rings (SSSR count). The normalized spacial score (nSPS) is 10.8. The molecule has 4 aromatic rings. The van der Waals surface area contributed by atoms with Crippen LogP contribution in [0.3, 0.4) is 0 Å². The van der Waals surface area contributed by atoms with Gasteiger partial charge < -0.3 is 23.4 Å². The summed E-state index contributed by atoms with van der Waals surface area (Å²) in [5.74, 6) is 1.54. The maximum Gasteiger partial charge on any atom is 0.336 e. The van der Waals surface area contributed by atoms with Gasteiger partial charge in [0.05, 0.1) is 6.61 Å². The van der Waals surface area contributed by atoms with Crippen LogP contribution in [0.1, 0.15) is 12.5 Å². The van der Waals surface area contributed by atoms with Gasteiger partial charge in [-0.15, -0.1) is 10.2 Å². The number of carbonyl (C=O) groups is 1. The Kier molecular flexibility index (Phi) is 8.27. The van der Waals surface area contributed by atoms with Crippen molar-refractivity contribution in [2.45, 2.75) is 6.92 Å². The summed E-state index contributed by atoms with van der Waals surface area (Å²) < 4.78 is 40.4. The highest BCUT2D eigenvalue weighted by molar-refractivity contribution is 5.88. The highest BCUT2D eigenvalue weighted by Gasteiger charge is 2.08. The average Bonchev–Trinajstić information content (AvgIpc) is 3.43. The van der Waals surface area contributed by atoms with Gasteiger partial charge in [0.2, 0.25) is 12.3 Å². The number of hydrogen-bond donors (Lipinski definition) is 0. The minimum Gasteiger partial charge on any atom is -0.490 e. The summed E-state index contributed by atoms with van der Waals surface area (Å²) in [6.07, 6.45) is 4.20. The molecule has 0 saturated carbocycles. The first kappa shape index (κ1) is 24.5. The molecule has 9 heteroatoms. The molecule has 1 heterocycles. The van der Waals surface area contributed by atoms with Crippen molar-refractivity contribution in [3.8, 4) is 34.5 Å². The number of esters is 1. The van der Waals surface area contributed by atoms with Crippen molar-refractivity contribution < 1.29 is 32.5 Å². The summed E-state index contributed by atoms with van der Waals surface area (Å²) in [6.45, 7) is 2.85. The first-order valence-corrected chi connectivity index (χ1v) is 11.1. The highest BCUT2D eigenvalue weighted by atomic mass is 19.1. The Hall–Kier alpha value is -4.66. The van der Waals surface area contributed by atoms with Gasteiger partial charge >= 0.3 is 5.97 Å². The fraction of sp³-hybridized carbons (Fsp3) is 0.148. The SMILES string of the molecule is CCOc1cc(C=CC(=O)Oc2ccc(-c3nnco3)cc2)ccc1OCCOc1ccc(F)cc1. The molecule has 0 fully saturated rings. The Morgan fingerprint density at radius 1 is 0.917 bits per heavy atom. The van der Waals surface area contributed by atoms with E-state index in [1.807, 2.05) is 6.92 Å². The molecule has 1 aromatic heterocycles. The van der Waals surface area contributed by atoms with Crippen molar-refractivity contribution in [1.82, 2.24) is 10.2 Å². The number of aromatic nitrogens is 2. The number of nitrogens with zero attached hydrogens (tertiary/aromatic N) is 2. The van der Waals surface area contributed by atoms with Crippen LogP contribution in [-0.2, 0) is 4.79 Å². The third-order valence-corrected chi connectivity index (χ3v) is 4.78. The van der Waals surface area contributed by atoms with Crippen molar-refractivity contribution in [3.05, 3.63) is 90.6 Å². The van der Waals surface area contributed by atoms with Gasteiger partial charge in [-0.2, -0.15) is 0 Å². The number of halogens is 1. The first-order chi connectivity index (χ1) is 17.6. The van der Waals surface area contributed by atoms with E-state index in [2.05, 4.69) is 10.2 Å². The van der Waals surface area contributed by atoms with E-state index in [-0.39, 0.29) is 19.0 Å². The lowest BCUT2D eigenvalue weighted by Crippen LogP contribution is -2.10. The molecule has 0 amide bonds. The van der Waals surface area contributed by atoms with Crippen molar-refractivity contribution in [3.63, 3.8) is 0 Å². The first-order valence-electron chi connectivity index (χ1n) is 11.1. The van der Waals surface area contributed by atoms with Crippen LogP contribution < -0.4 is 18.9 Å². The van der Waals surface area contributed by atoms with Crippen molar-refractivity contribution in [2.75, 3.05) is 19.8 Å². The molecule has 0 bridgehead atoms. The predicted molar refractivity (Wildman–Crippen MR) is 129 cm³/mol. The van der Waals surface area contributed by atoms with Gasteiger partial charge in [-0.1, -0.05) is 6.07 Å². The number of rotatable bonds is 11. The number of hydrogen-bond acceptors (Lipinski definition) is 8. The molecule has 0 atom stereocenters. The lowest BCUT2D eigenvalue weighted by molar-refractivity contribution is -0.128. The van der Waals surface area contributed by atoms with Crippen LogP contribution in [0, 0.1) is 5.82 Å². The summed E-state index contributed by atoms with van der Waals surface area (Å²) in [7, 11) is 0. The Balaban J connectivity index is 1.31. The molecule has 0 aliphatic carbocycles. The van der Waals surface area contributed by atoms with E-state index in [4.69, 9.17) is 23.4 Å². The van der Waals surface area contributed by atoms with Gasteiger partial charge in [0.15, 0.2) is 11.5 Å². The topological polar surface area (TPSA) is 92.9 Å². The molecule has 0 saturated heterocycles. The van der Waals surface area contributed by atoms with Gasteiger partial charge in [-0.25, -0.2) is 9.18 Å². The largest absolute Gasteiger partial charge is 0.490 e. The zero-order chi connectivity index (χ0) is 25.2. The minimum atomic E-state index is -0.531. The predicted octanol–water partition coefficient (Wildman–Crippen LogP) is 5.35. The summed E-state index contributed by atoms with van der Waals surface area (Å²) in [4.78, 5) is 12.2. The maximum atomic E-state index is 13.0. The second kappa shape index (κ2) is 12.2. The molecular formula is C27H23FN2O6. The zero-order valence-electron chi connectivity index (χ0n) is 19.4. The van der Waals surface area contributed by atoms with Crippen molar-refractivity contribution >= 4 is 12.0 Å². The fourth-order valence-electron chi connectivity index (χ4n) is 3.14. The zero-order valence-corrected chi connectivity index (χ0v) is 19.4. The summed E-state index contributed by atoms with van der Waals surface area (Å²) in [6, 6.07) is 17.8. The van der Waals surface area contributed by atoms with Crippen LogP contribution in [0.15, 0.2) is 83.6 Å². The molecule has 36 heavy (non-hydrogen) atoms. The standard InChI is InChI=1S/C27H23FN2O6/c1-2-32-25-17-19(3-13-24(25)34-16-15-33-22-11-7-21(28)8-12-22)4-14-26(31)36-23-9-5-20(6-10-23)27-30-29-18-35-27/h3-14,17-18H,2,15-16H2,1H3. The van der Waals surface area contributed by atoms with Gasteiger partial charge in [0.25, 0.3) is 0 Å². The molecule has 184 valence electrons. The van der Waals surface area contributed by atoms with E-state index in [0.29, 0.717) is 35.5 Å². The lowest BCUT2D eigenvalue weighted by Gasteiger charge is -2.13. The Bertz CT molecular complexity index is 1290. The number of benzene rings is 3. The van der Waals surface area contributed by atoms with Crippen LogP contribution >= 0.6 is 0 Å². The van der Waals surface area contributed by atoms with Crippen LogP contribution in [0.4, 0.5) is 4.39 Å². The van der Waals surface area contributed by atoms with Gasteiger partial charge in [-0.05, 0) is 79.2 Å². The number of ether oxygens (including phenoxy) is 4. The van der Waals surface area contributed by atoms with Gasteiger partial charge in [0.1, 0.15) is 30.5 Å². The van der Waals surface area contributed by atoms with Crippen molar-refractivity contribution in [2.24, 2.45) is 0 Å². The summed E-state index contributed by atoms with van der Waals surface area (Å²) >= 11 is 0. The van der Waals surface area contributed by atoms with E-state index in [9.17, 15) is 9.18 Å². The molecule has 0 aliphatic heterocycles. The quantitative estimate of drug-likeness (QED) is 0.120. The lowest BCUT2D eigenvalue weighted by atomic mass is 10.2. The van der Waals surface area contributed by atoms with E-state index in [0.717, 1.165) is 11.1 Å². The van der Waals surface area contributed by atoms with E-state index >= 15 is 0 Å². The second-order valence-electron chi connectivity index (χ2n) is 7.31. The second-order valence-corrected chi connectivity index (χ2v) is 7.31. The molecule has 8 nitrogen and oxygen atoms in total. The molecule has 0 unspecified atom stereocenters. The molecule has 0 radical (unpaired) electrons. The maximum absolute atomic E-state index is 13.0. The van der Waals surface area contributed by atoms with Crippen LogP contribution in [0.25, 0.3) is 17.5 Å². The van der Waals surface area contributed by atoms with Gasteiger partial charge in [-0.3, -0.25) is 0 Å². The third-order valence-electron chi connectivity index (χ3n) is 4.78. The third kappa shape index (κ3) is 6.92. The molecule has 0 spiro atoms. The Morgan fingerprint density at radius 2 is 1.67 bits per heavy atom. The van der Waals surface area contributed by atoms with Crippen LogP contribution in [0.5, 0.6) is 23.0 Å². The fourth-order valence-corrected chi connectivity index (χ4v) is 3.14.